The van der Waals surface area contributed by atoms with Crippen LogP contribution < -0.4 is 0 Å². The lowest BCUT2D eigenvalue weighted by atomic mass is 10.0. The molecular weight excluding hydrogens is 246 g/mol. The van der Waals surface area contributed by atoms with Crippen LogP contribution in [0.5, 0.6) is 0 Å². The van der Waals surface area contributed by atoms with E-state index in [2.05, 4.69) is 19.0 Å². The lowest BCUT2D eigenvalue weighted by Crippen LogP contribution is -2.49. The van der Waals surface area contributed by atoms with Gasteiger partial charge in [0.05, 0.1) is 5.92 Å². The molecule has 0 aromatic carbocycles. The molecule has 0 saturated carbocycles. The van der Waals surface area contributed by atoms with Crippen LogP contribution in [0.3, 0.4) is 0 Å². The summed E-state index contributed by atoms with van der Waals surface area (Å²) in [6, 6.07) is 0.565. The second kappa shape index (κ2) is 5.77. The molecule has 19 heavy (non-hydrogen) atoms. The van der Waals surface area contributed by atoms with Gasteiger partial charge in [-0.1, -0.05) is 0 Å². The fourth-order valence-electron chi connectivity index (χ4n) is 2.91. The van der Waals surface area contributed by atoms with Gasteiger partial charge < -0.3 is 19.8 Å². The van der Waals surface area contributed by atoms with Gasteiger partial charge in [-0.3, -0.25) is 4.79 Å². The lowest BCUT2D eigenvalue weighted by Gasteiger charge is -2.36. The Morgan fingerprint density at radius 1 is 1.05 bits per heavy atom. The normalized spacial score (nSPS) is 25.1. The molecule has 0 spiro atoms. The first-order valence-electron chi connectivity index (χ1n) is 6.92. The molecule has 2 fully saturated rings. The van der Waals surface area contributed by atoms with Crippen molar-refractivity contribution in [3.8, 4) is 0 Å². The number of carboxylic acid groups (broad SMARTS) is 1. The largest absolute Gasteiger partial charge is 0.481 e. The van der Waals surface area contributed by atoms with Crippen molar-refractivity contribution >= 4 is 12.0 Å². The highest BCUT2D eigenvalue weighted by Crippen LogP contribution is 2.21. The summed E-state index contributed by atoms with van der Waals surface area (Å²) >= 11 is 0. The van der Waals surface area contributed by atoms with Crippen LogP contribution in [0.25, 0.3) is 0 Å². The molecule has 0 aromatic rings. The van der Waals surface area contributed by atoms with Crippen LogP contribution in [-0.2, 0) is 4.79 Å². The Morgan fingerprint density at radius 2 is 1.63 bits per heavy atom. The van der Waals surface area contributed by atoms with Gasteiger partial charge in [0.25, 0.3) is 0 Å². The first-order chi connectivity index (χ1) is 8.99. The number of carbonyl (C=O) groups excluding carboxylic acids is 1. The Balaban J connectivity index is 1.83. The topological polar surface area (TPSA) is 64.1 Å². The predicted molar refractivity (Wildman–Crippen MR) is 71.0 cm³/mol. The minimum absolute atomic E-state index is 0.0148. The van der Waals surface area contributed by atoms with Gasteiger partial charge in [0.2, 0.25) is 0 Å². The summed E-state index contributed by atoms with van der Waals surface area (Å²) < 4.78 is 0. The van der Waals surface area contributed by atoms with Gasteiger partial charge >= 0.3 is 12.0 Å². The molecule has 1 unspecified atom stereocenters. The van der Waals surface area contributed by atoms with E-state index in [1.807, 2.05) is 4.90 Å². The number of rotatable bonds is 2. The van der Waals surface area contributed by atoms with Gasteiger partial charge in [-0.05, 0) is 33.4 Å². The molecule has 2 aliphatic heterocycles. The molecule has 0 radical (unpaired) electrons. The maximum Gasteiger partial charge on any atom is 0.320 e. The van der Waals surface area contributed by atoms with E-state index in [1.165, 1.54) is 0 Å². The van der Waals surface area contributed by atoms with Crippen molar-refractivity contribution in [3.05, 3.63) is 0 Å². The van der Waals surface area contributed by atoms with E-state index >= 15 is 0 Å². The van der Waals surface area contributed by atoms with Gasteiger partial charge in [-0.25, -0.2) is 4.79 Å². The first-order valence-corrected chi connectivity index (χ1v) is 6.92. The summed E-state index contributed by atoms with van der Waals surface area (Å²) in [4.78, 5) is 29.0. The van der Waals surface area contributed by atoms with E-state index in [0.29, 0.717) is 25.6 Å². The molecule has 2 rings (SSSR count). The quantitative estimate of drug-likeness (QED) is 0.794. The van der Waals surface area contributed by atoms with E-state index in [4.69, 9.17) is 5.11 Å². The molecular formula is C13H23N3O3. The Kier molecular flexibility index (Phi) is 4.29. The maximum absolute atomic E-state index is 12.3. The number of piperidine rings is 1. The van der Waals surface area contributed by atoms with Crippen molar-refractivity contribution in [3.63, 3.8) is 0 Å². The average Bonchev–Trinajstić information content (AvgIpc) is 2.87. The Hall–Kier alpha value is -1.30. The van der Waals surface area contributed by atoms with Gasteiger partial charge in [-0.15, -0.1) is 0 Å². The summed E-state index contributed by atoms with van der Waals surface area (Å²) in [7, 11) is 4.14. The molecule has 6 nitrogen and oxygen atoms in total. The summed E-state index contributed by atoms with van der Waals surface area (Å²) in [6.45, 7) is 2.48. The van der Waals surface area contributed by atoms with E-state index in [-0.39, 0.29) is 11.9 Å². The number of likely N-dealkylation sites (tertiary alicyclic amines) is 2. The number of nitrogens with zero attached hydrogens (tertiary/aromatic N) is 3. The minimum Gasteiger partial charge on any atom is -0.481 e. The molecule has 1 atom stereocenters. The summed E-state index contributed by atoms with van der Waals surface area (Å²) in [5.41, 5.74) is 0. The van der Waals surface area contributed by atoms with Crippen molar-refractivity contribution in [2.24, 2.45) is 5.92 Å². The van der Waals surface area contributed by atoms with Crippen molar-refractivity contribution in [2.45, 2.75) is 25.3 Å². The van der Waals surface area contributed by atoms with Crippen molar-refractivity contribution in [1.29, 1.82) is 0 Å². The van der Waals surface area contributed by atoms with Crippen LogP contribution in [0.4, 0.5) is 4.79 Å². The number of carboxylic acids is 1. The molecule has 1 N–H and O–H groups in total. The van der Waals surface area contributed by atoms with E-state index in [9.17, 15) is 9.59 Å². The number of hydrogen-bond donors (Lipinski definition) is 1. The van der Waals surface area contributed by atoms with Gasteiger partial charge in [0.15, 0.2) is 0 Å². The molecule has 2 saturated heterocycles. The van der Waals surface area contributed by atoms with Gasteiger partial charge in [0, 0.05) is 32.2 Å². The second-order valence-corrected chi connectivity index (χ2v) is 5.73. The van der Waals surface area contributed by atoms with E-state index in [0.717, 1.165) is 25.9 Å². The Labute approximate surface area is 114 Å². The fraction of sp³-hybridized carbons (Fsp3) is 0.846. The minimum atomic E-state index is -0.790. The van der Waals surface area contributed by atoms with E-state index in [1.54, 1.807) is 4.90 Å². The Morgan fingerprint density at radius 3 is 2.11 bits per heavy atom. The Bertz CT molecular complexity index is 351. The van der Waals surface area contributed by atoms with Crippen LogP contribution in [0, 0.1) is 5.92 Å². The first kappa shape index (κ1) is 14.1. The number of aliphatic carboxylic acids is 1. The third kappa shape index (κ3) is 3.18. The van der Waals surface area contributed by atoms with Crippen molar-refractivity contribution < 1.29 is 14.7 Å². The lowest BCUT2D eigenvalue weighted by molar-refractivity contribution is -0.141. The predicted octanol–water partition coefficient (Wildman–Crippen LogP) is 0.539. The maximum atomic E-state index is 12.3. The molecule has 0 bridgehead atoms. The number of urea groups is 1. The zero-order valence-electron chi connectivity index (χ0n) is 11.7. The SMILES string of the molecule is CN(C)C1CCN(C(=O)N2CCC(C(=O)O)C2)CC1. The van der Waals surface area contributed by atoms with Crippen LogP contribution in [-0.4, -0.2) is 78.1 Å². The molecule has 2 aliphatic rings. The summed E-state index contributed by atoms with van der Waals surface area (Å²) in [6.07, 6.45) is 2.57. The molecule has 0 aliphatic carbocycles. The monoisotopic (exact) mass is 269 g/mol. The summed E-state index contributed by atoms with van der Waals surface area (Å²) in [5.74, 6) is -1.18. The highest BCUT2D eigenvalue weighted by molar-refractivity contribution is 5.77. The third-order valence-corrected chi connectivity index (χ3v) is 4.27. The van der Waals surface area contributed by atoms with Gasteiger partial charge in [0.1, 0.15) is 0 Å². The smallest absolute Gasteiger partial charge is 0.320 e. The second-order valence-electron chi connectivity index (χ2n) is 5.73. The standard InChI is InChI=1S/C13H23N3O3/c1-14(2)11-4-7-15(8-5-11)13(19)16-6-3-10(9-16)12(17)18/h10-11H,3-9H2,1-2H3,(H,17,18). The highest BCUT2D eigenvalue weighted by atomic mass is 16.4. The van der Waals surface area contributed by atoms with Crippen molar-refractivity contribution in [1.82, 2.24) is 14.7 Å². The fourth-order valence-corrected chi connectivity index (χ4v) is 2.91. The van der Waals surface area contributed by atoms with Crippen molar-refractivity contribution in [2.75, 3.05) is 40.3 Å². The molecule has 6 heteroatoms. The van der Waals surface area contributed by atoms with Crippen LogP contribution in [0.15, 0.2) is 0 Å². The zero-order valence-corrected chi connectivity index (χ0v) is 11.7. The molecule has 2 amide bonds. The zero-order chi connectivity index (χ0) is 14.0. The molecule has 108 valence electrons. The molecule has 0 aromatic heterocycles. The average molecular weight is 269 g/mol. The third-order valence-electron chi connectivity index (χ3n) is 4.27. The highest BCUT2D eigenvalue weighted by Gasteiger charge is 2.34. The van der Waals surface area contributed by atoms with Crippen LogP contribution >= 0.6 is 0 Å². The number of hydrogen-bond acceptors (Lipinski definition) is 3. The number of amides is 2. The van der Waals surface area contributed by atoms with Gasteiger partial charge in [-0.2, -0.15) is 0 Å². The number of carbonyl (C=O) groups is 2. The van der Waals surface area contributed by atoms with E-state index < -0.39 is 5.97 Å². The summed E-state index contributed by atoms with van der Waals surface area (Å²) in [5, 5.41) is 8.96. The van der Waals surface area contributed by atoms with Crippen LogP contribution in [0.2, 0.25) is 0 Å². The van der Waals surface area contributed by atoms with Crippen LogP contribution in [0.1, 0.15) is 19.3 Å². The molecule has 2 heterocycles.